The van der Waals surface area contributed by atoms with Gasteiger partial charge in [0.1, 0.15) is 17.8 Å². The van der Waals surface area contributed by atoms with Gasteiger partial charge in [-0.2, -0.15) is 5.48 Å². The van der Waals surface area contributed by atoms with Crippen molar-refractivity contribution in [2.45, 2.75) is 112 Å². The van der Waals surface area contributed by atoms with E-state index >= 15 is 0 Å². The van der Waals surface area contributed by atoms with Crippen LogP contribution in [0.1, 0.15) is 39.5 Å². The van der Waals surface area contributed by atoms with Crippen LogP contribution >= 0.6 is 0 Å². The predicted molar refractivity (Wildman–Crippen MR) is 120 cm³/mol. The van der Waals surface area contributed by atoms with Gasteiger partial charge in [0.05, 0.1) is 30.9 Å². The van der Waals surface area contributed by atoms with Crippen molar-refractivity contribution in [2.75, 3.05) is 20.7 Å². The number of rotatable bonds is 8. The average Bonchev–Trinajstić information content (AvgIpc) is 2.76. The quantitative estimate of drug-likeness (QED) is 0.169. The van der Waals surface area contributed by atoms with Crippen LogP contribution in [0.2, 0.25) is 0 Å². The van der Waals surface area contributed by atoms with Gasteiger partial charge in [0.25, 0.3) is 0 Å². The molecule has 0 radical (unpaired) electrons. The first-order chi connectivity index (χ1) is 15.6. The molecule has 2 aliphatic heterocycles. The van der Waals surface area contributed by atoms with E-state index in [9.17, 15) is 15.3 Å². The second kappa shape index (κ2) is 11.5. The molecule has 0 bridgehead atoms. The summed E-state index contributed by atoms with van der Waals surface area (Å²) in [7, 11) is 3.53. The summed E-state index contributed by atoms with van der Waals surface area (Å²) in [6.45, 7) is 3.61. The zero-order valence-corrected chi connectivity index (χ0v) is 20.0. The Hall–Kier alpha value is -0.480. The van der Waals surface area contributed by atoms with Crippen LogP contribution in [0.5, 0.6) is 0 Å². The van der Waals surface area contributed by atoms with Gasteiger partial charge < -0.3 is 51.6 Å². The fraction of sp³-hybridized carbons (Fsp3) is 1.00. The Labute approximate surface area is 195 Å². The van der Waals surface area contributed by atoms with E-state index in [0.717, 1.165) is 12.8 Å². The maximum absolute atomic E-state index is 10.7. The highest BCUT2D eigenvalue weighted by atomic mass is 16.8. The normalized spacial score (nSPS) is 47.9. The van der Waals surface area contributed by atoms with Gasteiger partial charge in [0.15, 0.2) is 12.6 Å². The molecule has 10 N–H and O–H groups in total. The number of hydrogen-bond donors (Lipinski definition) is 8. The summed E-state index contributed by atoms with van der Waals surface area (Å²) in [5.74, 6) is 0. The van der Waals surface area contributed by atoms with E-state index in [1.807, 2.05) is 7.05 Å². The standard InChI is InChI=1S/C21H43N5O7/c1-10(24-3)15-6-5-12(22)19(31-15)33-26-11-7-13(23)17(14(27)8-11)32-20-16(28)18(25-4)21(2,29)9-30-20/h10-20,24-29H,5-9,22-23H2,1-4H3/t10?,11?,12-,13?,14+,15?,16-,17+,18-,19?,20-,21?/m1/s1. The van der Waals surface area contributed by atoms with Crippen LogP contribution in [0.15, 0.2) is 0 Å². The molecule has 1 saturated carbocycles. The van der Waals surface area contributed by atoms with E-state index in [1.54, 1.807) is 14.0 Å². The molecule has 1 aliphatic carbocycles. The smallest absolute Gasteiger partial charge is 0.192 e. The minimum atomic E-state index is -1.25. The Balaban J connectivity index is 1.51. The molecular formula is C21H43N5O7. The minimum absolute atomic E-state index is 0.00252. The zero-order valence-electron chi connectivity index (χ0n) is 20.0. The van der Waals surface area contributed by atoms with Gasteiger partial charge in [0.2, 0.25) is 0 Å². The number of aliphatic hydroxyl groups excluding tert-OH is 2. The Morgan fingerprint density at radius 1 is 1.09 bits per heavy atom. The van der Waals surface area contributed by atoms with Crippen LogP contribution < -0.4 is 27.6 Å². The molecule has 12 nitrogen and oxygen atoms in total. The molecular weight excluding hydrogens is 434 g/mol. The van der Waals surface area contributed by atoms with Crippen LogP contribution in [0, 0.1) is 0 Å². The molecule has 6 unspecified atom stereocenters. The first kappa shape index (κ1) is 27.1. The SMILES string of the molecule is CNC(C)C1CC[C@@H](N)C(ONC2CC(N)[C@H](O[C@H]3OCC(C)(O)[C@H](NC)[C@H]3O)[C@@H](O)C2)O1. The Morgan fingerprint density at radius 2 is 1.82 bits per heavy atom. The van der Waals surface area contributed by atoms with Gasteiger partial charge in [-0.1, -0.05) is 0 Å². The van der Waals surface area contributed by atoms with Crippen LogP contribution in [-0.4, -0.2) is 109 Å². The van der Waals surface area contributed by atoms with E-state index in [-0.39, 0.29) is 30.8 Å². The monoisotopic (exact) mass is 477 g/mol. The van der Waals surface area contributed by atoms with Crippen molar-refractivity contribution in [3.8, 4) is 0 Å². The molecule has 0 aromatic rings. The number of aliphatic hydroxyl groups is 3. The van der Waals surface area contributed by atoms with E-state index in [1.165, 1.54) is 0 Å². The van der Waals surface area contributed by atoms with Gasteiger partial charge >= 0.3 is 0 Å². The minimum Gasteiger partial charge on any atom is -0.390 e. The second-order valence-corrected chi connectivity index (χ2v) is 9.89. The van der Waals surface area contributed by atoms with Crippen LogP contribution in [0.3, 0.4) is 0 Å². The van der Waals surface area contributed by atoms with Crippen LogP contribution in [0.25, 0.3) is 0 Å². The summed E-state index contributed by atoms with van der Waals surface area (Å²) in [5.41, 5.74) is 14.2. The Morgan fingerprint density at radius 3 is 2.45 bits per heavy atom. The number of hydroxylamine groups is 1. The highest BCUT2D eigenvalue weighted by molar-refractivity contribution is 4.99. The summed E-state index contributed by atoms with van der Waals surface area (Å²) < 4.78 is 17.4. The molecule has 33 heavy (non-hydrogen) atoms. The van der Waals surface area contributed by atoms with Crippen molar-refractivity contribution in [3.05, 3.63) is 0 Å². The van der Waals surface area contributed by atoms with Crippen LogP contribution in [-0.2, 0) is 19.0 Å². The lowest BCUT2D eigenvalue weighted by molar-refractivity contribution is -0.294. The fourth-order valence-corrected chi connectivity index (χ4v) is 4.94. The highest BCUT2D eigenvalue weighted by Crippen LogP contribution is 2.29. The zero-order chi connectivity index (χ0) is 24.3. The van der Waals surface area contributed by atoms with Crippen molar-refractivity contribution >= 4 is 0 Å². The Kier molecular flexibility index (Phi) is 9.45. The molecule has 0 aromatic heterocycles. The first-order valence-electron chi connectivity index (χ1n) is 11.8. The lowest BCUT2D eigenvalue weighted by Crippen LogP contribution is -2.66. The summed E-state index contributed by atoms with van der Waals surface area (Å²) in [6.07, 6.45) is -1.95. The van der Waals surface area contributed by atoms with Crippen molar-refractivity contribution in [3.63, 3.8) is 0 Å². The maximum Gasteiger partial charge on any atom is 0.192 e. The van der Waals surface area contributed by atoms with E-state index in [0.29, 0.717) is 12.8 Å². The molecule has 3 aliphatic rings. The van der Waals surface area contributed by atoms with Gasteiger partial charge in [-0.25, -0.2) is 0 Å². The van der Waals surface area contributed by atoms with Crippen molar-refractivity contribution in [1.82, 2.24) is 16.1 Å². The number of hydrogen-bond acceptors (Lipinski definition) is 12. The molecule has 3 rings (SSSR count). The lowest BCUT2D eigenvalue weighted by Gasteiger charge is -2.46. The highest BCUT2D eigenvalue weighted by Gasteiger charge is 2.48. The molecule has 3 fully saturated rings. The van der Waals surface area contributed by atoms with Crippen molar-refractivity contribution in [1.29, 1.82) is 0 Å². The molecule has 194 valence electrons. The van der Waals surface area contributed by atoms with Crippen LogP contribution in [0.4, 0.5) is 0 Å². The molecule has 0 amide bonds. The van der Waals surface area contributed by atoms with E-state index in [4.69, 9.17) is 30.5 Å². The average molecular weight is 478 g/mol. The molecule has 2 saturated heterocycles. The van der Waals surface area contributed by atoms with Gasteiger partial charge in [0, 0.05) is 18.1 Å². The summed E-state index contributed by atoms with van der Waals surface area (Å²) >= 11 is 0. The third-order valence-corrected chi connectivity index (χ3v) is 7.12. The van der Waals surface area contributed by atoms with Gasteiger partial charge in [-0.05, 0) is 53.6 Å². The molecule has 0 aromatic carbocycles. The molecule has 2 heterocycles. The fourth-order valence-electron chi connectivity index (χ4n) is 4.94. The molecule has 12 atom stereocenters. The first-order valence-corrected chi connectivity index (χ1v) is 11.8. The second-order valence-electron chi connectivity index (χ2n) is 9.89. The number of likely N-dealkylation sites (N-methyl/N-ethyl adjacent to an activating group) is 2. The Bertz CT molecular complexity index is 606. The van der Waals surface area contributed by atoms with E-state index < -0.39 is 48.6 Å². The topological polar surface area (TPSA) is 186 Å². The molecule has 12 heteroatoms. The largest absolute Gasteiger partial charge is 0.390 e. The van der Waals surface area contributed by atoms with Crippen molar-refractivity contribution < 1.29 is 34.4 Å². The maximum atomic E-state index is 10.7. The third-order valence-electron chi connectivity index (χ3n) is 7.12. The van der Waals surface area contributed by atoms with E-state index in [2.05, 4.69) is 23.0 Å². The summed E-state index contributed by atoms with van der Waals surface area (Å²) in [6, 6.07) is -1.48. The number of ether oxygens (including phenoxy) is 3. The number of nitrogens with one attached hydrogen (secondary N) is 3. The molecule has 0 spiro atoms. The predicted octanol–water partition coefficient (Wildman–Crippen LogP) is -2.76. The lowest BCUT2D eigenvalue weighted by atomic mass is 9.86. The summed E-state index contributed by atoms with van der Waals surface area (Å²) in [5, 5.41) is 37.8. The number of nitrogens with two attached hydrogens (primary N) is 2. The van der Waals surface area contributed by atoms with Crippen molar-refractivity contribution in [2.24, 2.45) is 11.5 Å². The van der Waals surface area contributed by atoms with Gasteiger partial charge in [-0.15, -0.1) is 0 Å². The third kappa shape index (κ3) is 6.40. The summed E-state index contributed by atoms with van der Waals surface area (Å²) in [4.78, 5) is 5.78. The van der Waals surface area contributed by atoms with Gasteiger partial charge in [-0.3, -0.25) is 4.84 Å².